The van der Waals surface area contributed by atoms with E-state index in [1.54, 1.807) is 0 Å². The van der Waals surface area contributed by atoms with Crippen LogP contribution < -0.4 is 4.90 Å². The van der Waals surface area contributed by atoms with Gasteiger partial charge in [0.2, 0.25) is 0 Å². The predicted molar refractivity (Wildman–Crippen MR) is 150 cm³/mol. The number of allylic oxidation sites excluding steroid dienone is 1. The number of rotatable bonds is 3. The zero-order chi connectivity index (χ0) is 23.4. The standard InChI is InChI=1S/C33H27N/c1-21(2)34(4)32-18-17-23(19-22(32)3)30-20-31-26-13-6-5-11-24(26)25-12-7-9-15-28(25)33(31)29-16-10-8-14-27(29)30/h5-20H,1H2,2-4H3. The van der Waals surface area contributed by atoms with Gasteiger partial charge in [0.1, 0.15) is 0 Å². The van der Waals surface area contributed by atoms with Gasteiger partial charge in [-0.05, 0) is 91.8 Å². The number of fused-ring (bicyclic) bond motifs is 8. The molecule has 0 saturated carbocycles. The molecule has 6 aromatic rings. The summed E-state index contributed by atoms with van der Waals surface area (Å²) >= 11 is 0. The Kier molecular flexibility index (Phi) is 4.67. The van der Waals surface area contributed by atoms with E-state index in [2.05, 4.69) is 123 Å². The van der Waals surface area contributed by atoms with Gasteiger partial charge in [0.15, 0.2) is 0 Å². The van der Waals surface area contributed by atoms with Gasteiger partial charge in [-0.3, -0.25) is 0 Å². The predicted octanol–water partition coefficient (Wildman–Crippen LogP) is 9.24. The van der Waals surface area contributed by atoms with Crippen LogP contribution in [0, 0.1) is 6.92 Å². The second-order valence-corrected chi connectivity index (χ2v) is 9.28. The fraction of sp³-hybridized carbons (Fsp3) is 0.0909. The molecule has 0 amide bonds. The molecular weight excluding hydrogens is 410 g/mol. The second kappa shape index (κ2) is 7.74. The molecule has 0 aliphatic rings. The Morgan fingerprint density at radius 2 is 1.12 bits per heavy atom. The molecule has 34 heavy (non-hydrogen) atoms. The molecule has 0 fully saturated rings. The maximum Gasteiger partial charge on any atom is 0.0435 e. The van der Waals surface area contributed by atoms with Crippen molar-refractivity contribution in [2.45, 2.75) is 13.8 Å². The van der Waals surface area contributed by atoms with E-state index in [0.717, 1.165) is 5.70 Å². The summed E-state index contributed by atoms with van der Waals surface area (Å²) in [6, 6.07) is 35.6. The van der Waals surface area contributed by atoms with Crippen molar-refractivity contribution in [1.82, 2.24) is 0 Å². The minimum atomic E-state index is 1.03. The van der Waals surface area contributed by atoms with E-state index in [4.69, 9.17) is 0 Å². The molecule has 0 bridgehead atoms. The van der Waals surface area contributed by atoms with E-state index >= 15 is 0 Å². The van der Waals surface area contributed by atoms with Gasteiger partial charge in [-0.15, -0.1) is 0 Å². The first-order chi connectivity index (χ1) is 16.5. The average molecular weight is 438 g/mol. The number of aryl methyl sites for hydroxylation is 1. The Balaban J connectivity index is 1.75. The van der Waals surface area contributed by atoms with Crippen LogP contribution in [0.25, 0.3) is 54.2 Å². The van der Waals surface area contributed by atoms with Crippen molar-refractivity contribution >= 4 is 48.8 Å². The normalized spacial score (nSPS) is 11.5. The van der Waals surface area contributed by atoms with Crippen LogP contribution in [-0.2, 0) is 0 Å². The Bertz CT molecular complexity index is 1760. The Morgan fingerprint density at radius 3 is 1.71 bits per heavy atom. The number of nitrogens with zero attached hydrogens (tertiary/aromatic N) is 1. The number of anilines is 1. The molecule has 0 unspecified atom stereocenters. The highest BCUT2D eigenvalue weighted by Crippen LogP contribution is 2.43. The Hall–Kier alpha value is -4.10. The Morgan fingerprint density at radius 1 is 0.618 bits per heavy atom. The van der Waals surface area contributed by atoms with E-state index in [1.807, 2.05) is 6.92 Å². The van der Waals surface area contributed by atoms with Crippen LogP contribution in [0.3, 0.4) is 0 Å². The molecule has 6 aromatic carbocycles. The lowest BCUT2D eigenvalue weighted by molar-refractivity contribution is 1.09. The van der Waals surface area contributed by atoms with Crippen molar-refractivity contribution in [3.05, 3.63) is 115 Å². The zero-order valence-corrected chi connectivity index (χ0v) is 19.9. The quantitative estimate of drug-likeness (QED) is 0.249. The third-order valence-electron chi connectivity index (χ3n) is 7.19. The molecule has 0 aromatic heterocycles. The lowest BCUT2D eigenvalue weighted by Crippen LogP contribution is -2.14. The summed E-state index contributed by atoms with van der Waals surface area (Å²) in [4.78, 5) is 2.15. The molecule has 1 nitrogen and oxygen atoms in total. The lowest BCUT2D eigenvalue weighted by Gasteiger charge is -2.22. The fourth-order valence-corrected chi connectivity index (χ4v) is 5.41. The molecule has 0 N–H and O–H groups in total. The van der Waals surface area contributed by atoms with E-state index < -0.39 is 0 Å². The summed E-state index contributed by atoms with van der Waals surface area (Å²) in [5.41, 5.74) is 5.99. The summed E-state index contributed by atoms with van der Waals surface area (Å²) in [6.07, 6.45) is 0. The number of hydrogen-bond donors (Lipinski definition) is 0. The highest BCUT2D eigenvalue weighted by atomic mass is 15.1. The molecule has 0 aliphatic carbocycles. The largest absolute Gasteiger partial charge is 0.349 e. The van der Waals surface area contributed by atoms with Crippen molar-refractivity contribution in [3.8, 4) is 11.1 Å². The van der Waals surface area contributed by atoms with Gasteiger partial charge in [-0.25, -0.2) is 0 Å². The first-order valence-electron chi connectivity index (χ1n) is 11.8. The maximum atomic E-state index is 4.11. The molecule has 1 heteroatoms. The first kappa shape index (κ1) is 20.5. The zero-order valence-electron chi connectivity index (χ0n) is 19.9. The summed E-state index contributed by atoms with van der Waals surface area (Å²) < 4.78 is 0. The first-order valence-corrected chi connectivity index (χ1v) is 11.8. The molecule has 0 atom stereocenters. The Labute approximate surface area is 200 Å². The highest BCUT2D eigenvalue weighted by Gasteiger charge is 2.15. The van der Waals surface area contributed by atoms with Crippen LogP contribution in [0.4, 0.5) is 5.69 Å². The van der Waals surface area contributed by atoms with Crippen LogP contribution >= 0.6 is 0 Å². The highest BCUT2D eigenvalue weighted by molar-refractivity contribution is 6.32. The number of benzene rings is 6. The molecule has 0 aliphatic heterocycles. The van der Waals surface area contributed by atoms with Crippen molar-refractivity contribution in [2.24, 2.45) is 0 Å². The summed E-state index contributed by atoms with van der Waals surface area (Å²) in [5, 5.41) is 10.5. The van der Waals surface area contributed by atoms with Crippen molar-refractivity contribution < 1.29 is 0 Å². The topological polar surface area (TPSA) is 3.24 Å². The van der Waals surface area contributed by atoms with Gasteiger partial charge < -0.3 is 4.90 Å². The van der Waals surface area contributed by atoms with E-state index in [0.29, 0.717) is 0 Å². The van der Waals surface area contributed by atoms with E-state index in [-0.39, 0.29) is 0 Å². The van der Waals surface area contributed by atoms with Crippen LogP contribution in [0.5, 0.6) is 0 Å². The average Bonchev–Trinajstić information content (AvgIpc) is 2.87. The molecule has 6 rings (SSSR count). The fourth-order valence-electron chi connectivity index (χ4n) is 5.41. The summed E-state index contributed by atoms with van der Waals surface area (Å²) in [7, 11) is 2.08. The van der Waals surface area contributed by atoms with Gasteiger partial charge in [0, 0.05) is 18.4 Å². The van der Waals surface area contributed by atoms with Crippen LogP contribution in [0.1, 0.15) is 12.5 Å². The smallest absolute Gasteiger partial charge is 0.0435 e. The minimum Gasteiger partial charge on any atom is -0.349 e. The maximum absolute atomic E-state index is 4.11. The molecular formula is C33H27N. The van der Waals surface area contributed by atoms with Crippen LogP contribution in [-0.4, -0.2) is 7.05 Å². The lowest BCUT2D eigenvalue weighted by atomic mass is 9.87. The molecule has 0 radical (unpaired) electrons. The molecule has 0 spiro atoms. The van der Waals surface area contributed by atoms with Crippen LogP contribution in [0.2, 0.25) is 0 Å². The molecule has 0 saturated heterocycles. The number of hydrogen-bond acceptors (Lipinski definition) is 1. The van der Waals surface area contributed by atoms with Crippen molar-refractivity contribution in [2.75, 3.05) is 11.9 Å². The van der Waals surface area contributed by atoms with Gasteiger partial charge in [0.25, 0.3) is 0 Å². The van der Waals surface area contributed by atoms with Crippen molar-refractivity contribution in [3.63, 3.8) is 0 Å². The third-order valence-corrected chi connectivity index (χ3v) is 7.19. The third kappa shape index (κ3) is 3.01. The SMILES string of the molecule is C=C(C)N(C)c1ccc(-c2cc3c4ccccc4c4ccccc4c3c3ccccc23)cc1C. The van der Waals surface area contributed by atoms with Gasteiger partial charge in [-0.1, -0.05) is 85.4 Å². The van der Waals surface area contributed by atoms with Gasteiger partial charge in [-0.2, -0.15) is 0 Å². The second-order valence-electron chi connectivity index (χ2n) is 9.28. The summed E-state index contributed by atoms with van der Waals surface area (Å²) in [5.74, 6) is 0. The molecule has 164 valence electrons. The van der Waals surface area contributed by atoms with Gasteiger partial charge >= 0.3 is 0 Å². The van der Waals surface area contributed by atoms with Gasteiger partial charge in [0.05, 0.1) is 0 Å². The monoisotopic (exact) mass is 437 g/mol. The molecule has 0 heterocycles. The van der Waals surface area contributed by atoms with E-state index in [9.17, 15) is 0 Å². The van der Waals surface area contributed by atoms with Crippen LogP contribution in [0.15, 0.2) is 109 Å². The minimum absolute atomic E-state index is 1.03. The summed E-state index contributed by atoms with van der Waals surface area (Å²) in [6.45, 7) is 8.33. The van der Waals surface area contributed by atoms with E-state index in [1.165, 1.54) is 65.5 Å². The van der Waals surface area contributed by atoms with Crippen molar-refractivity contribution in [1.29, 1.82) is 0 Å².